The van der Waals surface area contributed by atoms with Gasteiger partial charge in [-0.25, -0.2) is 0 Å². The Morgan fingerprint density at radius 2 is 2.16 bits per heavy atom. The highest BCUT2D eigenvalue weighted by molar-refractivity contribution is 9.09. The van der Waals surface area contributed by atoms with Gasteiger partial charge in [-0.3, -0.25) is 4.79 Å². The van der Waals surface area contributed by atoms with Crippen molar-refractivity contribution in [3.8, 4) is 5.75 Å². The van der Waals surface area contributed by atoms with Crippen molar-refractivity contribution in [3.05, 3.63) is 29.8 Å². The third-order valence-corrected chi connectivity index (χ3v) is 2.80. The fourth-order valence-corrected chi connectivity index (χ4v) is 2.10. The number of rotatable bonds is 7. The molecule has 1 aromatic carbocycles. The van der Waals surface area contributed by atoms with E-state index in [1.807, 2.05) is 6.92 Å². The molecular formula is C13H16BrF2NO2. The van der Waals surface area contributed by atoms with Gasteiger partial charge in [-0.15, -0.1) is 0 Å². The first kappa shape index (κ1) is 15.9. The Bertz CT molecular complexity index is 409. The zero-order valence-corrected chi connectivity index (χ0v) is 12.2. The molecule has 0 aliphatic rings. The Hall–Kier alpha value is -1.17. The van der Waals surface area contributed by atoms with E-state index in [1.54, 1.807) is 11.0 Å². The van der Waals surface area contributed by atoms with Gasteiger partial charge in [0.1, 0.15) is 5.75 Å². The minimum absolute atomic E-state index is 0.00357. The van der Waals surface area contributed by atoms with E-state index in [1.165, 1.54) is 18.2 Å². The topological polar surface area (TPSA) is 29.5 Å². The minimum atomic E-state index is -2.89. The van der Waals surface area contributed by atoms with Gasteiger partial charge in [-0.1, -0.05) is 28.9 Å². The third kappa shape index (κ3) is 5.14. The highest BCUT2D eigenvalue weighted by Crippen LogP contribution is 2.17. The van der Waals surface area contributed by atoms with E-state index in [0.717, 1.165) is 6.42 Å². The maximum absolute atomic E-state index is 12.2. The maximum atomic E-state index is 12.2. The molecule has 3 nitrogen and oxygen atoms in total. The number of carbonyl (C=O) groups excluding carboxylic acids is 1. The van der Waals surface area contributed by atoms with Crippen LogP contribution in [0.2, 0.25) is 0 Å². The molecule has 6 heteroatoms. The second-order valence-electron chi connectivity index (χ2n) is 3.89. The second-order valence-corrected chi connectivity index (χ2v) is 4.68. The molecule has 19 heavy (non-hydrogen) atoms. The van der Waals surface area contributed by atoms with Gasteiger partial charge in [-0.2, -0.15) is 8.78 Å². The molecule has 0 bridgehead atoms. The minimum Gasteiger partial charge on any atom is -0.435 e. The summed E-state index contributed by atoms with van der Waals surface area (Å²) in [5.41, 5.74) is 0.354. The Morgan fingerprint density at radius 1 is 1.42 bits per heavy atom. The van der Waals surface area contributed by atoms with Crippen molar-refractivity contribution in [2.24, 2.45) is 0 Å². The summed E-state index contributed by atoms with van der Waals surface area (Å²) >= 11 is 3.29. The summed E-state index contributed by atoms with van der Waals surface area (Å²) in [6, 6.07) is 5.86. The van der Waals surface area contributed by atoms with Crippen LogP contribution in [0.5, 0.6) is 5.75 Å². The standard InChI is InChI=1S/C13H16BrF2NO2/c1-2-7-17(8-6-14)12(18)10-4-3-5-11(9-10)19-13(15)16/h3-5,9,13H,2,6-8H2,1H3. The number of hydrogen-bond donors (Lipinski definition) is 0. The van der Waals surface area contributed by atoms with Gasteiger partial charge in [0.2, 0.25) is 0 Å². The first-order valence-electron chi connectivity index (χ1n) is 5.98. The van der Waals surface area contributed by atoms with Crippen LogP contribution in [0.3, 0.4) is 0 Å². The predicted molar refractivity (Wildman–Crippen MR) is 73.1 cm³/mol. The number of halogens is 3. The molecule has 0 atom stereocenters. The average Bonchev–Trinajstić information content (AvgIpc) is 2.37. The summed E-state index contributed by atoms with van der Waals surface area (Å²) in [5, 5.41) is 0.673. The van der Waals surface area contributed by atoms with Crippen LogP contribution in [0.1, 0.15) is 23.7 Å². The van der Waals surface area contributed by atoms with E-state index >= 15 is 0 Å². The van der Waals surface area contributed by atoms with Crippen LogP contribution in [-0.4, -0.2) is 35.8 Å². The Morgan fingerprint density at radius 3 is 2.74 bits per heavy atom. The van der Waals surface area contributed by atoms with Crippen molar-refractivity contribution in [2.75, 3.05) is 18.4 Å². The highest BCUT2D eigenvalue weighted by Gasteiger charge is 2.15. The van der Waals surface area contributed by atoms with E-state index in [2.05, 4.69) is 20.7 Å². The summed E-state index contributed by atoms with van der Waals surface area (Å²) in [6.45, 7) is 0.293. The van der Waals surface area contributed by atoms with E-state index in [-0.39, 0.29) is 11.7 Å². The van der Waals surface area contributed by atoms with Crippen molar-refractivity contribution in [1.82, 2.24) is 4.90 Å². The fraction of sp³-hybridized carbons (Fsp3) is 0.462. The predicted octanol–water partition coefficient (Wildman–Crippen LogP) is 3.54. The van der Waals surface area contributed by atoms with Crippen LogP contribution in [-0.2, 0) is 0 Å². The zero-order valence-electron chi connectivity index (χ0n) is 10.6. The monoisotopic (exact) mass is 335 g/mol. The largest absolute Gasteiger partial charge is 0.435 e. The molecule has 1 aromatic rings. The normalized spacial score (nSPS) is 10.6. The number of benzene rings is 1. The second kappa shape index (κ2) is 8.09. The molecule has 1 amide bonds. The molecule has 0 aliphatic heterocycles. The molecule has 0 saturated carbocycles. The molecule has 0 saturated heterocycles. The number of carbonyl (C=O) groups is 1. The van der Waals surface area contributed by atoms with Gasteiger partial charge >= 0.3 is 6.61 Å². The first-order chi connectivity index (χ1) is 9.08. The number of alkyl halides is 3. The molecule has 0 heterocycles. The Balaban J connectivity index is 2.84. The third-order valence-electron chi connectivity index (χ3n) is 2.44. The van der Waals surface area contributed by atoms with Crippen molar-refractivity contribution >= 4 is 21.8 Å². The lowest BCUT2D eigenvalue weighted by Crippen LogP contribution is -2.33. The quantitative estimate of drug-likeness (QED) is 0.713. The lowest BCUT2D eigenvalue weighted by molar-refractivity contribution is -0.0499. The smallest absolute Gasteiger partial charge is 0.387 e. The van der Waals surface area contributed by atoms with Crippen LogP contribution in [0.25, 0.3) is 0 Å². The van der Waals surface area contributed by atoms with Crippen LogP contribution >= 0.6 is 15.9 Å². The van der Waals surface area contributed by atoms with Gasteiger partial charge in [0.05, 0.1) is 0 Å². The van der Waals surface area contributed by atoms with Gasteiger partial charge in [0.25, 0.3) is 5.91 Å². The molecule has 0 aliphatic carbocycles. The number of ether oxygens (including phenoxy) is 1. The van der Waals surface area contributed by atoms with E-state index in [0.29, 0.717) is 24.0 Å². The fourth-order valence-electron chi connectivity index (χ4n) is 1.67. The Labute approximate surface area is 119 Å². The lowest BCUT2D eigenvalue weighted by atomic mass is 10.2. The van der Waals surface area contributed by atoms with Crippen molar-refractivity contribution in [2.45, 2.75) is 20.0 Å². The van der Waals surface area contributed by atoms with Gasteiger partial charge < -0.3 is 9.64 Å². The van der Waals surface area contributed by atoms with Crippen LogP contribution in [0.15, 0.2) is 24.3 Å². The highest BCUT2D eigenvalue weighted by atomic mass is 79.9. The van der Waals surface area contributed by atoms with Crippen LogP contribution in [0.4, 0.5) is 8.78 Å². The maximum Gasteiger partial charge on any atom is 0.387 e. The van der Waals surface area contributed by atoms with E-state index < -0.39 is 6.61 Å². The van der Waals surface area contributed by atoms with E-state index in [9.17, 15) is 13.6 Å². The molecule has 1 rings (SSSR count). The van der Waals surface area contributed by atoms with Crippen molar-refractivity contribution < 1.29 is 18.3 Å². The van der Waals surface area contributed by atoms with Crippen LogP contribution in [0, 0.1) is 0 Å². The molecule has 0 N–H and O–H groups in total. The SMILES string of the molecule is CCCN(CCBr)C(=O)c1cccc(OC(F)F)c1. The molecular weight excluding hydrogens is 320 g/mol. The molecule has 106 valence electrons. The molecule has 0 spiro atoms. The number of nitrogens with zero attached hydrogens (tertiary/aromatic N) is 1. The van der Waals surface area contributed by atoms with Gasteiger partial charge in [0, 0.05) is 24.0 Å². The summed E-state index contributed by atoms with van der Waals surface area (Å²) in [7, 11) is 0. The number of hydrogen-bond acceptors (Lipinski definition) is 2. The average molecular weight is 336 g/mol. The molecule has 0 fully saturated rings. The van der Waals surface area contributed by atoms with Gasteiger partial charge in [-0.05, 0) is 24.6 Å². The molecule has 0 radical (unpaired) electrons. The first-order valence-corrected chi connectivity index (χ1v) is 7.10. The van der Waals surface area contributed by atoms with Crippen LogP contribution < -0.4 is 4.74 Å². The summed E-state index contributed by atoms with van der Waals surface area (Å²) < 4.78 is 28.6. The lowest BCUT2D eigenvalue weighted by Gasteiger charge is -2.21. The molecule has 0 unspecified atom stereocenters. The Kier molecular flexibility index (Phi) is 6.77. The summed E-state index contributed by atoms with van der Waals surface area (Å²) in [4.78, 5) is 13.9. The van der Waals surface area contributed by atoms with Crippen molar-refractivity contribution in [1.29, 1.82) is 0 Å². The summed E-state index contributed by atoms with van der Waals surface area (Å²) in [6.07, 6.45) is 0.839. The van der Waals surface area contributed by atoms with Crippen molar-refractivity contribution in [3.63, 3.8) is 0 Å². The zero-order chi connectivity index (χ0) is 14.3. The number of amides is 1. The van der Waals surface area contributed by atoms with Gasteiger partial charge in [0.15, 0.2) is 0 Å². The van der Waals surface area contributed by atoms with E-state index in [4.69, 9.17) is 0 Å². The molecule has 0 aromatic heterocycles. The summed E-state index contributed by atoms with van der Waals surface area (Å²) in [5.74, 6) is -0.183.